The van der Waals surface area contributed by atoms with Crippen molar-refractivity contribution in [1.82, 2.24) is 4.98 Å². The fourth-order valence-corrected chi connectivity index (χ4v) is 3.62. The Kier molecular flexibility index (Phi) is 4.88. The van der Waals surface area contributed by atoms with E-state index in [-0.39, 0.29) is 0 Å². The van der Waals surface area contributed by atoms with Gasteiger partial charge in [-0.1, -0.05) is 60.7 Å². The highest BCUT2D eigenvalue weighted by molar-refractivity contribution is 6.21. The quantitative estimate of drug-likeness (QED) is 0.476. The third-order valence-corrected chi connectivity index (χ3v) is 5.10. The van der Waals surface area contributed by atoms with Crippen molar-refractivity contribution in [3.8, 4) is 22.6 Å². The smallest absolute Gasteiger partial charge is 0.614 e. The SMILES string of the molecule is Cc1ccc2cccc([O][AlH][O]c3ccc(-c4ccccc4)cc3)c2n1. The van der Waals surface area contributed by atoms with Crippen LogP contribution in [0, 0.1) is 6.92 Å². The number of para-hydroxylation sites is 1. The van der Waals surface area contributed by atoms with Gasteiger partial charge in [0.05, 0.1) is 5.75 Å². The molecule has 0 amide bonds. The Bertz CT molecular complexity index is 1020. The summed E-state index contributed by atoms with van der Waals surface area (Å²) in [5.74, 6) is 1.62. The van der Waals surface area contributed by atoms with Crippen molar-refractivity contribution >= 4 is 26.8 Å². The van der Waals surface area contributed by atoms with Crippen molar-refractivity contribution in [2.75, 3.05) is 0 Å². The molecule has 0 N–H and O–H groups in total. The van der Waals surface area contributed by atoms with Crippen LogP contribution >= 0.6 is 0 Å². The first-order valence-corrected chi connectivity index (χ1v) is 9.72. The Morgan fingerprint density at radius 1 is 0.692 bits per heavy atom. The summed E-state index contributed by atoms with van der Waals surface area (Å²) in [6.45, 7) is 1.98. The lowest BCUT2D eigenvalue weighted by molar-refractivity contribution is 0.461. The molecule has 0 aliphatic carbocycles. The largest absolute Gasteiger partial charge is 0.832 e. The van der Waals surface area contributed by atoms with Gasteiger partial charge in [-0.05, 0) is 42.3 Å². The van der Waals surface area contributed by atoms with Gasteiger partial charge in [0, 0.05) is 11.1 Å². The summed E-state index contributed by atoms with van der Waals surface area (Å²) in [5, 5.41) is 1.08. The number of aryl methyl sites for hydroxylation is 1. The monoisotopic (exact) mass is 355 g/mol. The molecule has 3 nitrogen and oxygen atoms in total. The summed E-state index contributed by atoms with van der Waals surface area (Å²) >= 11 is -1.20. The summed E-state index contributed by atoms with van der Waals surface area (Å²) in [7, 11) is 0. The Morgan fingerprint density at radius 2 is 1.46 bits per heavy atom. The van der Waals surface area contributed by atoms with E-state index in [0.29, 0.717) is 0 Å². The molecule has 4 rings (SSSR count). The van der Waals surface area contributed by atoms with Crippen molar-refractivity contribution in [2.24, 2.45) is 0 Å². The number of nitrogens with zero attached hydrogens (tertiary/aromatic N) is 1. The van der Waals surface area contributed by atoms with Gasteiger partial charge in [0.15, 0.2) is 0 Å². The molecular formula is C22H18AlNO2. The second-order valence-electron chi connectivity index (χ2n) is 6.08. The normalized spacial score (nSPS) is 10.5. The van der Waals surface area contributed by atoms with E-state index in [1.165, 1.54) is 11.1 Å². The van der Waals surface area contributed by atoms with Gasteiger partial charge in [0.2, 0.25) is 0 Å². The van der Waals surface area contributed by atoms with Crippen LogP contribution in [-0.4, -0.2) is 20.9 Å². The van der Waals surface area contributed by atoms with E-state index in [9.17, 15) is 0 Å². The fraction of sp³-hybridized carbons (Fsp3) is 0.0455. The average Bonchev–Trinajstić information content (AvgIpc) is 2.69. The summed E-state index contributed by atoms with van der Waals surface area (Å²) in [4.78, 5) is 4.59. The molecule has 0 unspecified atom stereocenters. The van der Waals surface area contributed by atoms with Crippen LogP contribution < -0.4 is 7.58 Å². The molecule has 0 saturated heterocycles. The third-order valence-electron chi connectivity index (χ3n) is 4.22. The molecule has 0 fully saturated rings. The zero-order chi connectivity index (χ0) is 17.8. The zero-order valence-electron chi connectivity index (χ0n) is 14.6. The number of rotatable bonds is 5. The molecule has 4 aromatic rings. The van der Waals surface area contributed by atoms with E-state index in [2.05, 4.69) is 35.3 Å². The molecule has 0 aliphatic rings. The summed E-state index contributed by atoms with van der Waals surface area (Å²) in [5.41, 5.74) is 4.25. The first-order valence-electron chi connectivity index (χ1n) is 8.57. The van der Waals surface area contributed by atoms with Crippen molar-refractivity contribution in [2.45, 2.75) is 6.92 Å². The highest BCUT2D eigenvalue weighted by atomic mass is 27.2. The third kappa shape index (κ3) is 3.72. The van der Waals surface area contributed by atoms with Crippen LogP contribution in [0.5, 0.6) is 11.5 Å². The van der Waals surface area contributed by atoms with Gasteiger partial charge >= 0.3 is 15.9 Å². The van der Waals surface area contributed by atoms with E-state index < -0.39 is 15.9 Å². The molecule has 4 heteroatoms. The molecule has 0 bridgehead atoms. The van der Waals surface area contributed by atoms with E-state index in [0.717, 1.165) is 28.1 Å². The number of benzene rings is 3. The molecule has 1 heterocycles. The molecule has 1 aromatic heterocycles. The molecule has 0 atom stereocenters. The Hall–Kier alpha value is -2.80. The van der Waals surface area contributed by atoms with Crippen LogP contribution in [0.15, 0.2) is 84.9 Å². The van der Waals surface area contributed by atoms with E-state index in [1.807, 2.05) is 61.5 Å². The minimum absolute atomic E-state index is 0.791. The zero-order valence-corrected chi connectivity index (χ0v) is 16.0. The van der Waals surface area contributed by atoms with E-state index in [4.69, 9.17) is 7.58 Å². The van der Waals surface area contributed by atoms with Crippen LogP contribution in [-0.2, 0) is 0 Å². The van der Waals surface area contributed by atoms with Gasteiger partial charge in [-0.15, -0.1) is 0 Å². The van der Waals surface area contributed by atoms with Gasteiger partial charge < -0.3 is 7.58 Å². The maximum absolute atomic E-state index is 5.95. The minimum atomic E-state index is -1.20. The van der Waals surface area contributed by atoms with E-state index >= 15 is 0 Å². The number of hydrogen-bond acceptors (Lipinski definition) is 3. The topological polar surface area (TPSA) is 31.4 Å². The summed E-state index contributed by atoms with van der Waals surface area (Å²) in [6.07, 6.45) is 0. The standard InChI is InChI=1S/C12H10O.C10H9NO.Al.H/c13-12-8-6-11(7-9-12)10-4-2-1-3-5-10;1-7-5-6-8-3-2-4-9(12)10(8)11-7;;/h1-9,13H;2-6,12H,1H3;;/q;;+2;/p-2. The summed E-state index contributed by atoms with van der Waals surface area (Å²) in [6, 6.07) is 28.5. The predicted octanol–water partition coefficient (Wildman–Crippen LogP) is 4.93. The lowest BCUT2D eigenvalue weighted by Gasteiger charge is -2.11. The lowest BCUT2D eigenvalue weighted by Crippen LogP contribution is -2.11. The van der Waals surface area contributed by atoms with Crippen molar-refractivity contribution in [3.05, 3.63) is 90.6 Å². The van der Waals surface area contributed by atoms with Crippen LogP contribution in [0.25, 0.3) is 22.0 Å². The fourth-order valence-electron chi connectivity index (χ4n) is 2.87. The predicted molar refractivity (Wildman–Crippen MR) is 107 cm³/mol. The lowest BCUT2D eigenvalue weighted by atomic mass is 10.1. The Labute approximate surface area is 159 Å². The molecule has 26 heavy (non-hydrogen) atoms. The van der Waals surface area contributed by atoms with Crippen LogP contribution in [0.2, 0.25) is 0 Å². The van der Waals surface area contributed by atoms with Gasteiger partial charge in [-0.3, -0.25) is 0 Å². The van der Waals surface area contributed by atoms with Gasteiger partial charge in [0.1, 0.15) is 11.3 Å². The molecule has 126 valence electrons. The van der Waals surface area contributed by atoms with Crippen LogP contribution in [0.3, 0.4) is 0 Å². The molecule has 0 spiro atoms. The maximum atomic E-state index is 5.95. The molecular weight excluding hydrogens is 337 g/mol. The van der Waals surface area contributed by atoms with Crippen LogP contribution in [0.4, 0.5) is 0 Å². The Balaban J connectivity index is 1.43. The highest BCUT2D eigenvalue weighted by Crippen LogP contribution is 2.25. The van der Waals surface area contributed by atoms with Gasteiger partial charge in [-0.25, -0.2) is 4.98 Å². The first kappa shape index (κ1) is 16.7. The first-order chi connectivity index (χ1) is 12.8. The molecule has 0 aliphatic heterocycles. The van der Waals surface area contributed by atoms with Crippen molar-refractivity contribution in [3.63, 3.8) is 0 Å². The number of aromatic nitrogens is 1. The van der Waals surface area contributed by atoms with E-state index in [1.54, 1.807) is 0 Å². The van der Waals surface area contributed by atoms with Crippen molar-refractivity contribution < 1.29 is 7.58 Å². The highest BCUT2D eigenvalue weighted by Gasteiger charge is 2.08. The average molecular weight is 355 g/mol. The molecule has 0 saturated carbocycles. The second kappa shape index (κ2) is 7.62. The second-order valence-corrected chi connectivity index (χ2v) is 6.89. The van der Waals surface area contributed by atoms with Gasteiger partial charge in [0.25, 0.3) is 0 Å². The molecule has 0 radical (unpaired) electrons. The number of pyridine rings is 1. The summed E-state index contributed by atoms with van der Waals surface area (Å²) < 4.78 is 11.8. The Morgan fingerprint density at radius 3 is 2.27 bits per heavy atom. The molecule has 3 aromatic carbocycles. The van der Waals surface area contributed by atoms with Gasteiger partial charge in [-0.2, -0.15) is 0 Å². The maximum Gasteiger partial charge on any atom is 0.832 e. The number of fused-ring (bicyclic) bond motifs is 1. The van der Waals surface area contributed by atoms with Crippen LogP contribution in [0.1, 0.15) is 5.69 Å². The number of hydrogen-bond donors (Lipinski definition) is 0. The minimum Gasteiger partial charge on any atom is -0.614 e. The van der Waals surface area contributed by atoms with Crippen molar-refractivity contribution in [1.29, 1.82) is 0 Å².